The Bertz CT molecular complexity index is 182. The lowest BCUT2D eigenvalue weighted by Crippen LogP contribution is -2.44. The molecule has 2 aliphatic rings. The number of aliphatic hydroxyl groups is 1. The van der Waals surface area contributed by atoms with Crippen LogP contribution in [0.5, 0.6) is 0 Å². The van der Waals surface area contributed by atoms with E-state index >= 15 is 0 Å². The van der Waals surface area contributed by atoms with Crippen LogP contribution in [-0.2, 0) is 0 Å². The number of thioether (sulfide) groups is 1. The standard InChI is InChI=1S/C12H23NOS/c14-12-4-2-1-3-11(12)13-9-10-5-7-15-8-6-10/h10-14H,1-9H2/t11-,12-/m1/s1. The highest BCUT2D eigenvalue weighted by molar-refractivity contribution is 7.99. The molecule has 1 aliphatic heterocycles. The maximum atomic E-state index is 9.83. The second-order valence-corrected chi connectivity index (χ2v) is 6.15. The molecule has 1 heterocycles. The van der Waals surface area contributed by atoms with Crippen molar-refractivity contribution < 1.29 is 5.11 Å². The van der Waals surface area contributed by atoms with Crippen molar-refractivity contribution >= 4 is 11.8 Å². The van der Waals surface area contributed by atoms with Gasteiger partial charge >= 0.3 is 0 Å². The summed E-state index contributed by atoms with van der Waals surface area (Å²) in [4.78, 5) is 0. The smallest absolute Gasteiger partial charge is 0.0693 e. The van der Waals surface area contributed by atoms with E-state index in [0.29, 0.717) is 6.04 Å². The molecule has 2 rings (SSSR count). The molecule has 2 nitrogen and oxygen atoms in total. The molecule has 0 bridgehead atoms. The van der Waals surface area contributed by atoms with Crippen molar-refractivity contribution in [1.29, 1.82) is 0 Å². The largest absolute Gasteiger partial charge is 0.392 e. The lowest BCUT2D eigenvalue weighted by molar-refractivity contribution is 0.0886. The molecular formula is C12H23NOS. The van der Waals surface area contributed by atoms with Crippen LogP contribution < -0.4 is 5.32 Å². The zero-order chi connectivity index (χ0) is 10.5. The van der Waals surface area contributed by atoms with Crippen LogP contribution in [0.4, 0.5) is 0 Å². The van der Waals surface area contributed by atoms with Crippen LogP contribution in [0.15, 0.2) is 0 Å². The quantitative estimate of drug-likeness (QED) is 0.776. The molecule has 2 fully saturated rings. The van der Waals surface area contributed by atoms with E-state index in [1.807, 2.05) is 0 Å². The normalized spacial score (nSPS) is 34.2. The summed E-state index contributed by atoms with van der Waals surface area (Å²) in [5, 5.41) is 13.4. The van der Waals surface area contributed by atoms with Gasteiger partial charge in [0, 0.05) is 6.04 Å². The van der Waals surface area contributed by atoms with Gasteiger partial charge in [-0.2, -0.15) is 11.8 Å². The number of hydrogen-bond acceptors (Lipinski definition) is 3. The average Bonchev–Trinajstić information content (AvgIpc) is 2.29. The predicted octanol–water partition coefficient (Wildman–Crippen LogP) is 2.02. The predicted molar refractivity (Wildman–Crippen MR) is 66.3 cm³/mol. The molecule has 0 aromatic heterocycles. The van der Waals surface area contributed by atoms with Gasteiger partial charge in [0.25, 0.3) is 0 Å². The van der Waals surface area contributed by atoms with Crippen LogP contribution in [0.25, 0.3) is 0 Å². The highest BCUT2D eigenvalue weighted by Gasteiger charge is 2.23. The van der Waals surface area contributed by atoms with E-state index in [-0.39, 0.29) is 6.10 Å². The third-order valence-corrected chi connectivity index (χ3v) is 4.79. The lowest BCUT2D eigenvalue weighted by atomic mass is 9.92. The molecule has 88 valence electrons. The summed E-state index contributed by atoms with van der Waals surface area (Å²) in [7, 11) is 0. The molecule has 15 heavy (non-hydrogen) atoms. The van der Waals surface area contributed by atoms with Gasteiger partial charge in [-0.15, -0.1) is 0 Å². The van der Waals surface area contributed by atoms with Crippen LogP contribution in [0.1, 0.15) is 38.5 Å². The molecule has 0 radical (unpaired) electrons. The lowest BCUT2D eigenvalue weighted by Gasteiger charge is -2.31. The van der Waals surface area contributed by atoms with Gasteiger partial charge in [0.2, 0.25) is 0 Å². The number of nitrogens with one attached hydrogen (secondary N) is 1. The molecule has 1 saturated carbocycles. The molecular weight excluding hydrogens is 206 g/mol. The van der Waals surface area contributed by atoms with Crippen molar-refractivity contribution in [2.75, 3.05) is 18.1 Å². The second kappa shape index (κ2) is 6.12. The monoisotopic (exact) mass is 229 g/mol. The van der Waals surface area contributed by atoms with Crippen molar-refractivity contribution in [3.63, 3.8) is 0 Å². The van der Waals surface area contributed by atoms with Gasteiger partial charge in [-0.1, -0.05) is 12.8 Å². The highest BCUT2D eigenvalue weighted by atomic mass is 32.2. The van der Waals surface area contributed by atoms with Gasteiger partial charge in [-0.25, -0.2) is 0 Å². The Labute approximate surface area is 97.2 Å². The minimum absolute atomic E-state index is 0.0864. The minimum atomic E-state index is -0.0864. The Morgan fingerprint density at radius 1 is 1.07 bits per heavy atom. The van der Waals surface area contributed by atoms with Gasteiger partial charge in [0.15, 0.2) is 0 Å². The van der Waals surface area contributed by atoms with Crippen molar-refractivity contribution in [2.45, 2.75) is 50.7 Å². The van der Waals surface area contributed by atoms with Crippen LogP contribution in [0.3, 0.4) is 0 Å². The molecule has 2 atom stereocenters. The summed E-state index contributed by atoms with van der Waals surface area (Å²) in [6.07, 6.45) is 7.30. The fraction of sp³-hybridized carbons (Fsp3) is 1.00. The van der Waals surface area contributed by atoms with Crippen molar-refractivity contribution in [3.8, 4) is 0 Å². The summed E-state index contributed by atoms with van der Waals surface area (Å²) < 4.78 is 0. The van der Waals surface area contributed by atoms with E-state index in [0.717, 1.165) is 18.9 Å². The second-order valence-electron chi connectivity index (χ2n) is 4.92. The first-order valence-electron chi connectivity index (χ1n) is 6.35. The molecule has 2 N–H and O–H groups in total. The first-order valence-corrected chi connectivity index (χ1v) is 7.51. The van der Waals surface area contributed by atoms with E-state index in [1.54, 1.807) is 0 Å². The number of aliphatic hydroxyl groups excluding tert-OH is 1. The Balaban J connectivity index is 1.67. The van der Waals surface area contributed by atoms with Crippen LogP contribution in [0.2, 0.25) is 0 Å². The molecule has 0 aromatic carbocycles. The molecule has 0 aromatic rings. The Morgan fingerprint density at radius 2 is 1.80 bits per heavy atom. The van der Waals surface area contributed by atoms with Crippen molar-refractivity contribution in [2.24, 2.45) is 5.92 Å². The van der Waals surface area contributed by atoms with E-state index in [4.69, 9.17) is 0 Å². The van der Waals surface area contributed by atoms with Gasteiger partial charge in [-0.3, -0.25) is 0 Å². The summed E-state index contributed by atoms with van der Waals surface area (Å²) in [6, 6.07) is 0.383. The fourth-order valence-corrected chi connectivity index (χ4v) is 3.82. The topological polar surface area (TPSA) is 32.3 Å². The average molecular weight is 229 g/mol. The van der Waals surface area contributed by atoms with E-state index in [1.165, 1.54) is 43.6 Å². The van der Waals surface area contributed by atoms with E-state index in [9.17, 15) is 5.11 Å². The summed E-state index contributed by atoms with van der Waals surface area (Å²) in [6.45, 7) is 1.13. The minimum Gasteiger partial charge on any atom is -0.392 e. The molecule has 1 aliphatic carbocycles. The van der Waals surface area contributed by atoms with Gasteiger partial charge in [0.1, 0.15) is 0 Å². The Kier molecular flexibility index (Phi) is 4.79. The van der Waals surface area contributed by atoms with Crippen molar-refractivity contribution in [3.05, 3.63) is 0 Å². The van der Waals surface area contributed by atoms with Crippen LogP contribution >= 0.6 is 11.8 Å². The first-order chi connectivity index (χ1) is 7.36. The fourth-order valence-electron chi connectivity index (χ4n) is 2.62. The highest BCUT2D eigenvalue weighted by Crippen LogP contribution is 2.23. The third kappa shape index (κ3) is 3.65. The molecule has 3 heteroatoms. The molecule has 0 amide bonds. The Morgan fingerprint density at radius 3 is 2.53 bits per heavy atom. The maximum absolute atomic E-state index is 9.83. The van der Waals surface area contributed by atoms with E-state index < -0.39 is 0 Å². The third-order valence-electron chi connectivity index (χ3n) is 3.74. The van der Waals surface area contributed by atoms with E-state index in [2.05, 4.69) is 17.1 Å². The van der Waals surface area contributed by atoms with Crippen LogP contribution in [-0.4, -0.2) is 35.3 Å². The summed E-state index contributed by atoms with van der Waals surface area (Å²) in [5.74, 6) is 3.53. The number of hydrogen-bond donors (Lipinski definition) is 2. The molecule has 0 spiro atoms. The maximum Gasteiger partial charge on any atom is 0.0693 e. The van der Waals surface area contributed by atoms with Gasteiger partial charge < -0.3 is 10.4 Å². The zero-order valence-electron chi connectivity index (χ0n) is 9.45. The van der Waals surface area contributed by atoms with Crippen molar-refractivity contribution in [1.82, 2.24) is 5.32 Å². The Hall–Kier alpha value is 0.270. The zero-order valence-corrected chi connectivity index (χ0v) is 10.3. The SMILES string of the molecule is O[C@@H]1CCCC[C@H]1NCC1CCSCC1. The summed E-state index contributed by atoms with van der Waals surface area (Å²) in [5.41, 5.74) is 0. The van der Waals surface area contributed by atoms with Crippen LogP contribution in [0, 0.1) is 5.92 Å². The molecule has 0 unspecified atom stereocenters. The molecule has 1 saturated heterocycles. The number of rotatable bonds is 3. The van der Waals surface area contributed by atoms with Gasteiger partial charge in [0.05, 0.1) is 6.10 Å². The first kappa shape index (κ1) is 11.7. The van der Waals surface area contributed by atoms with Gasteiger partial charge in [-0.05, 0) is 49.7 Å². The summed E-state index contributed by atoms with van der Waals surface area (Å²) >= 11 is 2.08.